The molecular formula is C14H21NO2. The van der Waals surface area contributed by atoms with Gasteiger partial charge in [0.2, 0.25) is 0 Å². The lowest BCUT2D eigenvalue weighted by Crippen LogP contribution is -2.09. The van der Waals surface area contributed by atoms with Gasteiger partial charge in [-0.15, -0.1) is 0 Å². The summed E-state index contributed by atoms with van der Waals surface area (Å²) in [4.78, 5) is 10.9. The number of rotatable bonds is 6. The van der Waals surface area contributed by atoms with Gasteiger partial charge in [-0.3, -0.25) is 4.79 Å². The molecule has 0 amide bonds. The summed E-state index contributed by atoms with van der Waals surface area (Å²) in [5.74, 6) is 0.488. The number of ether oxygens (including phenoxy) is 1. The Kier molecular flexibility index (Phi) is 5.53. The Morgan fingerprint density at radius 3 is 2.47 bits per heavy atom. The predicted octanol–water partition coefficient (Wildman–Crippen LogP) is 2.86. The maximum Gasteiger partial charge on any atom is 0.307 e. The van der Waals surface area contributed by atoms with E-state index in [0.29, 0.717) is 18.9 Å². The molecule has 1 N–H and O–H groups in total. The molecule has 17 heavy (non-hydrogen) atoms. The first kappa shape index (κ1) is 13.6. The molecule has 0 saturated carbocycles. The number of nitrogens with one attached hydrogen (secondary N) is 1. The molecule has 94 valence electrons. The molecule has 0 bridgehead atoms. The molecule has 3 heteroatoms. The van der Waals surface area contributed by atoms with Crippen LogP contribution in [0.25, 0.3) is 0 Å². The SMILES string of the molecule is COC(=O)CCNc1ccc(CC(C)C)cc1. The first-order valence-corrected chi connectivity index (χ1v) is 6.01. The van der Waals surface area contributed by atoms with Crippen molar-refractivity contribution < 1.29 is 9.53 Å². The Balaban J connectivity index is 2.37. The fourth-order valence-corrected chi connectivity index (χ4v) is 1.64. The summed E-state index contributed by atoms with van der Waals surface area (Å²) in [6.07, 6.45) is 1.49. The molecule has 1 aromatic rings. The van der Waals surface area contributed by atoms with Gasteiger partial charge in [0.05, 0.1) is 13.5 Å². The number of carbonyl (C=O) groups is 1. The van der Waals surface area contributed by atoms with Crippen molar-refractivity contribution in [3.63, 3.8) is 0 Å². The number of hydrogen-bond acceptors (Lipinski definition) is 3. The minimum atomic E-state index is -0.186. The molecule has 0 heterocycles. The Morgan fingerprint density at radius 2 is 1.94 bits per heavy atom. The van der Waals surface area contributed by atoms with Crippen LogP contribution in [0.1, 0.15) is 25.8 Å². The quantitative estimate of drug-likeness (QED) is 0.770. The predicted molar refractivity (Wildman–Crippen MR) is 70.1 cm³/mol. The van der Waals surface area contributed by atoms with E-state index in [9.17, 15) is 4.79 Å². The van der Waals surface area contributed by atoms with Crippen LogP contribution in [0.3, 0.4) is 0 Å². The zero-order valence-electron chi connectivity index (χ0n) is 10.8. The molecule has 0 fully saturated rings. The van der Waals surface area contributed by atoms with Gasteiger partial charge in [0, 0.05) is 12.2 Å². The van der Waals surface area contributed by atoms with Crippen LogP contribution in [0.15, 0.2) is 24.3 Å². The van der Waals surface area contributed by atoms with E-state index >= 15 is 0 Å². The summed E-state index contributed by atoms with van der Waals surface area (Å²) in [5.41, 5.74) is 2.39. The number of anilines is 1. The number of carbonyl (C=O) groups excluding carboxylic acids is 1. The van der Waals surface area contributed by atoms with Gasteiger partial charge >= 0.3 is 5.97 Å². The van der Waals surface area contributed by atoms with Crippen molar-refractivity contribution in [1.82, 2.24) is 0 Å². The Labute approximate surface area is 103 Å². The molecular weight excluding hydrogens is 214 g/mol. The van der Waals surface area contributed by atoms with Crippen LogP contribution in [0, 0.1) is 5.92 Å². The first-order chi connectivity index (χ1) is 8.11. The van der Waals surface area contributed by atoms with Gasteiger partial charge in [0.1, 0.15) is 0 Å². The first-order valence-electron chi connectivity index (χ1n) is 6.01. The Hall–Kier alpha value is -1.51. The van der Waals surface area contributed by atoms with E-state index in [-0.39, 0.29) is 5.97 Å². The summed E-state index contributed by atoms with van der Waals surface area (Å²) in [6, 6.07) is 8.35. The lowest BCUT2D eigenvalue weighted by atomic mass is 10.0. The van der Waals surface area contributed by atoms with Gasteiger partial charge in [-0.2, -0.15) is 0 Å². The molecule has 0 aliphatic rings. The molecule has 0 radical (unpaired) electrons. The van der Waals surface area contributed by atoms with Gasteiger partial charge in [0.15, 0.2) is 0 Å². The van der Waals surface area contributed by atoms with E-state index in [0.717, 1.165) is 12.1 Å². The monoisotopic (exact) mass is 235 g/mol. The molecule has 0 spiro atoms. The highest BCUT2D eigenvalue weighted by Gasteiger charge is 2.00. The molecule has 0 unspecified atom stereocenters. The van der Waals surface area contributed by atoms with E-state index in [4.69, 9.17) is 0 Å². The van der Waals surface area contributed by atoms with Crippen LogP contribution in [0.2, 0.25) is 0 Å². The summed E-state index contributed by atoms with van der Waals surface area (Å²) in [7, 11) is 1.41. The van der Waals surface area contributed by atoms with Gasteiger partial charge in [-0.05, 0) is 30.0 Å². The van der Waals surface area contributed by atoms with Crippen molar-refractivity contribution in [2.75, 3.05) is 19.0 Å². The van der Waals surface area contributed by atoms with Gasteiger partial charge in [-0.25, -0.2) is 0 Å². The normalized spacial score (nSPS) is 10.4. The summed E-state index contributed by atoms with van der Waals surface area (Å²) >= 11 is 0. The minimum absolute atomic E-state index is 0.186. The summed E-state index contributed by atoms with van der Waals surface area (Å²) in [6.45, 7) is 5.03. The van der Waals surface area contributed by atoms with E-state index < -0.39 is 0 Å². The van der Waals surface area contributed by atoms with Crippen molar-refractivity contribution in [1.29, 1.82) is 0 Å². The van der Waals surface area contributed by atoms with Crippen LogP contribution in [0.5, 0.6) is 0 Å². The highest BCUT2D eigenvalue weighted by Crippen LogP contribution is 2.12. The van der Waals surface area contributed by atoms with Crippen LogP contribution < -0.4 is 5.32 Å². The maximum absolute atomic E-state index is 10.9. The number of methoxy groups -OCH3 is 1. The highest BCUT2D eigenvalue weighted by atomic mass is 16.5. The Bertz CT molecular complexity index is 344. The Morgan fingerprint density at radius 1 is 1.29 bits per heavy atom. The standard InChI is InChI=1S/C14H21NO2/c1-11(2)10-12-4-6-13(7-5-12)15-9-8-14(16)17-3/h4-7,11,15H,8-10H2,1-3H3. The number of benzene rings is 1. The molecule has 0 saturated heterocycles. The van der Waals surface area contributed by atoms with E-state index in [1.165, 1.54) is 12.7 Å². The van der Waals surface area contributed by atoms with Crippen LogP contribution in [-0.4, -0.2) is 19.6 Å². The fraction of sp³-hybridized carbons (Fsp3) is 0.500. The smallest absolute Gasteiger partial charge is 0.307 e. The third kappa shape index (κ3) is 5.38. The van der Waals surface area contributed by atoms with E-state index in [1.807, 2.05) is 0 Å². The van der Waals surface area contributed by atoms with Gasteiger partial charge in [0.25, 0.3) is 0 Å². The molecule has 0 atom stereocenters. The largest absolute Gasteiger partial charge is 0.469 e. The van der Waals surface area contributed by atoms with E-state index in [2.05, 4.69) is 48.2 Å². The molecule has 1 rings (SSSR count). The van der Waals surface area contributed by atoms with Crippen LogP contribution >= 0.6 is 0 Å². The van der Waals surface area contributed by atoms with E-state index in [1.54, 1.807) is 0 Å². The second-order valence-corrected chi connectivity index (χ2v) is 4.55. The van der Waals surface area contributed by atoms with Crippen LogP contribution in [0.4, 0.5) is 5.69 Å². The lowest BCUT2D eigenvalue weighted by Gasteiger charge is -2.08. The fourth-order valence-electron chi connectivity index (χ4n) is 1.64. The molecule has 3 nitrogen and oxygen atoms in total. The lowest BCUT2D eigenvalue weighted by molar-refractivity contribution is -0.140. The zero-order chi connectivity index (χ0) is 12.7. The van der Waals surface area contributed by atoms with Crippen molar-refractivity contribution in [3.8, 4) is 0 Å². The zero-order valence-corrected chi connectivity index (χ0v) is 10.8. The van der Waals surface area contributed by atoms with Crippen molar-refractivity contribution in [2.45, 2.75) is 26.7 Å². The third-order valence-corrected chi connectivity index (χ3v) is 2.48. The van der Waals surface area contributed by atoms with Crippen molar-refractivity contribution in [2.24, 2.45) is 5.92 Å². The topological polar surface area (TPSA) is 38.3 Å². The average Bonchev–Trinajstić information content (AvgIpc) is 2.30. The van der Waals surface area contributed by atoms with Gasteiger partial charge in [-0.1, -0.05) is 26.0 Å². The summed E-state index contributed by atoms with van der Waals surface area (Å²) in [5, 5.41) is 3.19. The third-order valence-electron chi connectivity index (χ3n) is 2.48. The number of hydrogen-bond donors (Lipinski definition) is 1. The average molecular weight is 235 g/mol. The molecule has 0 aliphatic carbocycles. The van der Waals surface area contributed by atoms with Crippen molar-refractivity contribution >= 4 is 11.7 Å². The number of esters is 1. The molecule has 0 aromatic heterocycles. The highest BCUT2D eigenvalue weighted by molar-refractivity contribution is 5.69. The summed E-state index contributed by atoms with van der Waals surface area (Å²) < 4.78 is 4.57. The minimum Gasteiger partial charge on any atom is -0.469 e. The molecule has 1 aromatic carbocycles. The van der Waals surface area contributed by atoms with Gasteiger partial charge < -0.3 is 10.1 Å². The van der Waals surface area contributed by atoms with Crippen molar-refractivity contribution in [3.05, 3.63) is 29.8 Å². The molecule has 0 aliphatic heterocycles. The van der Waals surface area contributed by atoms with Crippen LogP contribution in [-0.2, 0) is 16.0 Å². The second-order valence-electron chi connectivity index (χ2n) is 4.55. The second kappa shape index (κ2) is 6.94. The maximum atomic E-state index is 10.9.